The fourth-order valence-electron chi connectivity index (χ4n) is 2.25. The molecule has 2 heterocycles. The zero-order valence-electron chi connectivity index (χ0n) is 12.1. The molecule has 2 aliphatic rings. The van der Waals surface area contributed by atoms with Crippen LogP contribution in [0.15, 0.2) is 12.2 Å². The van der Waals surface area contributed by atoms with E-state index in [4.69, 9.17) is 14.6 Å². The zero-order valence-corrected chi connectivity index (χ0v) is 12.1. The first-order valence-corrected chi connectivity index (χ1v) is 7.16. The van der Waals surface area contributed by atoms with Crippen LogP contribution in [0.3, 0.4) is 0 Å². The summed E-state index contributed by atoms with van der Waals surface area (Å²) < 4.78 is 10.3. The lowest BCUT2D eigenvalue weighted by atomic mass is 10.1. The molecule has 0 aromatic heterocycles. The van der Waals surface area contributed by atoms with Crippen molar-refractivity contribution in [1.29, 1.82) is 0 Å². The fourth-order valence-corrected chi connectivity index (χ4v) is 2.25. The van der Waals surface area contributed by atoms with E-state index in [1.165, 1.54) is 5.57 Å². The van der Waals surface area contributed by atoms with Crippen molar-refractivity contribution >= 4 is 5.97 Å². The standard InChI is InChI=1S/C8H14O2.C7H12O2/c1-7-5-8(10-6-7)3-2-4-9;1-3-6-4-5(2)7(8)9-6/h8-9H,1-6H2;5-6H,3-4H2,1-2H3/t;5-,6-/m.1/s1. The monoisotopic (exact) mass is 270 g/mol. The number of hydrogen-bond acceptors (Lipinski definition) is 4. The third-order valence-corrected chi connectivity index (χ3v) is 3.48. The molecule has 2 fully saturated rings. The summed E-state index contributed by atoms with van der Waals surface area (Å²) in [5.41, 5.74) is 1.18. The molecule has 0 spiro atoms. The molecule has 0 aliphatic carbocycles. The minimum absolute atomic E-state index is 0.0261. The van der Waals surface area contributed by atoms with Crippen molar-refractivity contribution in [2.24, 2.45) is 5.92 Å². The van der Waals surface area contributed by atoms with Gasteiger partial charge in [0.15, 0.2) is 0 Å². The number of aliphatic hydroxyl groups excluding tert-OH is 1. The average Bonchev–Trinajstić information content (AvgIpc) is 2.95. The van der Waals surface area contributed by atoms with Crippen LogP contribution in [-0.4, -0.2) is 36.5 Å². The van der Waals surface area contributed by atoms with Crippen LogP contribution in [0, 0.1) is 5.92 Å². The lowest BCUT2D eigenvalue weighted by Crippen LogP contribution is -2.04. The highest BCUT2D eigenvalue weighted by atomic mass is 16.5. The first-order valence-electron chi connectivity index (χ1n) is 7.16. The summed E-state index contributed by atoms with van der Waals surface area (Å²) in [6, 6.07) is 0. The van der Waals surface area contributed by atoms with Gasteiger partial charge in [0.1, 0.15) is 6.10 Å². The van der Waals surface area contributed by atoms with E-state index in [1.807, 2.05) is 13.8 Å². The van der Waals surface area contributed by atoms with Gasteiger partial charge in [-0.25, -0.2) is 0 Å². The van der Waals surface area contributed by atoms with Crippen LogP contribution >= 0.6 is 0 Å². The quantitative estimate of drug-likeness (QED) is 0.630. The van der Waals surface area contributed by atoms with Gasteiger partial charge in [0.2, 0.25) is 0 Å². The van der Waals surface area contributed by atoms with E-state index in [1.54, 1.807) is 0 Å². The largest absolute Gasteiger partial charge is 0.462 e. The SMILES string of the molecule is C=C1COC(CCCO)C1.CC[C@@H]1C[C@@H](C)C(=O)O1. The number of rotatable bonds is 4. The van der Waals surface area contributed by atoms with E-state index < -0.39 is 0 Å². The molecule has 0 amide bonds. The van der Waals surface area contributed by atoms with Gasteiger partial charge >= 0.3 is 5.97 Å². The molecule has 2 saturated heterocycles. The van der Waals surface area contributed by atoms with Crippen LogP contribution in [0.5, 0.6) is 0 Å². The van der Waals surface area contributed by atoms with E-state index in [0.29, 0.717) is 6.10 Å². The third-order valence-electron chi connectivity index (χ3n) is 3.48. The normalized spacial score (nSPS) is 29.9. The summed E-state index contributed by atoms with van der Waals surface area (Å²) in [5.74, 6) is 0.108. The summed E-state index contributed by atoms with van der Waals surface area (Å²) in [5, 5.41) is 8.51. The lowest BCUT2D eigenvalue weighted by Gasteiger charge is -2.05. The summed E-state index contributed by atoms with van der Waals surface area (Å²) >= 11 is 0. The maximum atomic E-state index is 10.7. The Kier molecular flexibility index (Phi) is 7.10. The minimum Gasteiger partial charge on any atom is -0.462 e. The van der Waals surface area contributed by atoms with Gasteiger partial charge in [-0.05, 0) is 37.7 Å². The number of cyclic esters (lactones) is 1. The third kappa shape index (κ3) is 5.74. The Morgan fingerprint density at radius 3 is 2.53 bits per heavy atom. The number of carbonyl (C=O) groups is 1. The molecule has 1 unspecified atom stereocenters. The van der Waals surface area contributed by atoms with Gasteiger partial charge in [0, 0.05) is 6.61 Å². The van der Waals surface area contributed by atoms with E-state index in [0.717, 1.165) is 38.7 Å². The number of esters is 1. The predicted octanol–water partition coefficient (Wildman–Crippen LogP) is 2.45. The molecule has 0 saturated carbocycles. The molecule has 0 radical (unpaired) electrons. The number of ether oxygens (including phenoxy) is 2. The van der Waals surface area contributed by atoms with Gasteiger partial charge in [-0.1, -0.05) is 20.4 Å². The molecule has 1 N–H and O–H groups in total. The molecule has 0 aromatic rings. The second-order valence-electron chi connectivity index (χ2n) is 5.36. The topological polar surface area (TPSA) is 55.8 Å². The Labute approximate surface area is 115 Å². The molecule has 2 aliphatic heterocycles. The first kappa shape index (κ1) is 16.2. The summed E-state index contributed by atoms with van der Waals surface area (Å²) in [6.45, 7) is 8.77. The summed E-state index contributed by atoms with van der Waals surface area (Å²) in [6.07, 6.45) is 5.20. The zero-order chi connectivity index (χ0) is 14.3. The first-order chi connectivity index (χ1) is 9.06. The fraction of sp³-hybridized carbons (Fsp3) is 0.800. The number of carbonyl (C=O) groups excluding carboxylic acids is 1. The molecule has 0 bridgehead atoms. The van der Waals surface area contributed by atoms with Crippen molar-refractivity contribution in [2.75, 3.05) is 13.2 Å². The highest BCUT2D eigenvalue weighted by Crippen LogP contribution is 2.22. The highest BCUT2D eigenvalue weighted by Gasteiger charge is 2.29. The highest BCUT2D eigenvalue weighted by molar-refractivity contribution is 5.74. The van der Waals surface area contributed by atoms with Crippen molar-refractivity contribution in [3.05, 3.63) is 12.2 Å². The summed E-state index contributed by atoms with van der Waals surface area (Å²) in [7, 11) is 0. The van der Waals surface area contributed by atoms with Gasteiger partial charge in [-0.15, -0.1) is 0 Å². The maximum absolute atomic E-state index is 10.7. The van der Waals surface area contributed by atoms with Crippen LogP contribution in [0.1, 0.15) is 46.0 Å². The van der Waals surface area contributed by atoms with E-state index in [9.17, 15) is 4.79 Å². The average molecular weight is 270 g/mol. The second-order valence-corrected chi connectivity index (χ2v) is 5.36. The van der Waals surface area contributed by atoms with Gasteiger partial charge in [-0.3, -0.25) is 4.79 Å². The van der Waals surface area contributed by atoms with Crippen LogP contribution in [0.2, 0.25) is 0 Å². The summed E-state index contributed by atoms with van der Waals surface area (Å²) in [4.78, 5) is 10.7. The molecule has 110 valence electrons. The van der Waals surface area contributed by atoms with Crippen molar-refractivity contribution in [3.63, 3.8) is 0 Å². The molecule has 4 nitrogen and oxygen atoms in total. The molecule has 3 atom stereocenters. The number of hydrogen-bond donors (Lipinski definition) is 1. The van der Waals surface area contributed by atoms with Crippen LogP contribution in [0.25, 0.3) is 0 Å². The van der Waals surface area contributed by atoms with Crippen LogP contribution < -0.4 is 0 Å². The van der Waals surface area contributed by atoms with Gasteiger partial charge < -0.3 is 14.6 Å². The Morgan fingerprint density at radius 1 is 1.42 bits per heavy atom. The number of aliphatic hydroxyl groups is 1. The van der Waals surface area contributed by atoms with Crippen molar-refractivity contribution in [3.8, 4) is 0 Å². The molecule has 2 rings (SSSR count). The van der Waals surface area contributed by atoms with E-state index in [-0.39, 0.29) is 24.6 Å². The van der Waals surface area contributed by atoms with E-state index in [2.05, 4.69) is 6.58 Å². The van der Waals surface area contributed by atoms with Crippen molar-refractivity contribution in [2.45, 2.75) is 58.2 Å². The molecule has 0 aromatic carbocycles. The Balaban J connectivity index is 0.000000191. The van der Waals surface area contributed by atoms with E-state index >= 15 is 0 Å². The van der Waals surface area contributed by atoms with Gasteiger partial charge in [-0.2, -0.15) is 0 Å². The molecule has 4 heteroatoms. The maximum Gasteiger partial charge on any atom is 0.309 e. The smallest absolute Gasteiger partial charge is 0.309 e. The molecular weight excluding hydrogens is 244 g/mol. The second kappa shape index (κ2) is 8.33. The Hall–Kier alpha value is -0.870. The van der Waals surface area contributed by atoms with Gasteiger partial charge in [0.05, 0.1) is 18.6 Å². The van der Waals surface area contributed by atoms with Crippen molar-refractivity contribution < 1.29 is 19.4 Å². The van der Waals surface area contributed by atoms with Crippen LogP contribution in [-0.2, 0) is 14.3 Å². The van der Waals surface area contributed by atoms with Crippen LogP contribution in [0.4, 0.5) is 0 Å². The van der Waals surface area contributed by atoms with Crippen molar-refractivity contribution in [1.82, 2.24) is 0 Å². The molecular formula is C15H26O4. The van der Waals surface area contributed by atoms with Gasteiger partial charge in [0.25, 0.3) is 0 Å². The predicted molar refractivity (Wildman–Crippen MR) is 73.8 cm³/mol. The molecule has 19 heavy (non-hydrogen) atoms. The Bertz CT molecular complexity index is 301. The minimum atomic E-state index is -0.0261. The Morgan fingerprint density at radius 2 is 2.16 bits per heavy atom. The lowest BCUT2D eigenvalue weighted by molar-refractivity contribution is -0.143.